The largest absolute Gasteiger partial charge is 0.497 e. The molecule has 3 rings (SSSR count). The predicted molar refractivity (Wildman–Crippen MR) is 153 cm³/mol. The number of ether oxygens (including phenoxy) is 5. The molecule has 0 aliphatic rings. The molecule has 3 aromatic rings. The van der Waals surface area contributed by atoms with Crippen LogP contribution in [0.25, 0.3) is 0 Å². The minimum atomic E-state index is -0.708. The standard InChI is InChI=1S/C31H38N2O7/c1-21(31(35)32-16-15-22-9-13-26(37-3)28(17-22)39-5)33(20-23-7-11-25(36-2)12-8-23)30(34)19-24-10-14-27(38-4)29(18-24)40-6/h7-14,17-18,21H,15-16,19-20H2,1-6H3,(H,32,35)/t21-/m1/s1. The molecule has 0 unspecified atom stereocenters. The minimum absolute atomic E-state index is 0.0970. The second kappa shape index (κ2) is 14.7. The monoisotopic (exact) mass is 550 g/mol. The van der Waals surface area contributed by atoms with Crippen molar-refractivity contribution in [2.24, 2.45) is 0 Å². The van der Waals surface area contributed by atoms with Crippen molar-refractivity contribution in [1.29, 1.82) is 0 Å². The van der Waals surface area contributed by atoms with E-state index in [0.29, 0.717) is 41.7 Å². The van der Waals surface area contributed by atoms with E-state index in [1.54, 1.807) is 59.5 Å². The first-order chi connectivity index (χ1) is 19.3. The maximum atomic E-state index is 13.6. The fraction of sp³-hybridized carbons (Fsp3) is 0.355. The van der Waals surface area contributed by atoms with Crippen molar-refractivity contribution in [3.8, 4) is 28.7 Å². The Bertz CT molecular complexity index is 1280. The van der Waals surface area contributed by atoms with Crippen LogP contribution < -0.4 is 29.0 Å². The van der Waals surface area contributed by atoms with Crippen LogP contribution in [0.5, 0.6) is 28.7 Å². The number of amides is 2. The third kappa shape index (κ3) is 7.81. The van der Waals surface area contributed by atoms with Gasteiger partial charge >= 0.3 is 0 Å². The lowest BCUT2D eigenvalue weighted by Gasteiger charge is -2.29. The molecule has 1 atom stereocenters. The Morgan fingerprint density at radius 1 is 0.700 bits per heavy atom. The highest BCUT2D eigenvalue weighted by atomic mass is 16.5. The van der Waals surface area contributed by atoms with E-state index in [9.17, 15) is 9.59 Å². The molecule has 9 heteroatoms. The molecule has 9 nitrogen and oxygen atoms in total. The van der Waals surface area contributed by atoms with Crippen LogP contribution >= 0.6 is 0 Å². The normalized spacial score (nSPS) is 11.2. The summed E-state index contributed by atoms with van der Waals surface area (Å²) in [5.41, 5.74) is 2.63. The van der Waals surface area contributed by atoms with Crippen LogP contribution in [0.4, 0.5) is 0 Å². The topological polar surface area (TPSA) is 95.6 Å². The Hall–Kier alpha value is -4.40. The molecule has 0 saturated carbocycles. The summed E-state index contributed by atoms with van der Waals surface area (Å²) in [6.45, 7) is 2.40. The molecule has 3 aromatic carbocycles. The van der Waals surface area contributed by atoms with Crippen LogP contribution in [0, 0.1) is 0 Å². The predicted octanol–water partition coefficient (Wildman–Crippen LogP) is 4.05. The molecule has 2 amide bonds. The highest BCUT2D eigenvalue weighted by Crippen LogP contribution is 2.29. The maximum absolute atomic E-state index is 13.6. The summed E-state index contributed by atoms with van der Waals surface area (Å²) in [7, 11) is 7.88. The number of nitrogens with zero attached hydrogens (tertiary/aromatic N) is 1. The van der Waals surface area contributed by atoms with Gasteiger partial charge in [0.15, 0.2) is 23.0 Å². The van der Waals surface area contributed by atoms with Gasteiger partial charge < -0.3 is 33.9 Å². The van der Waals surface area contributed by atoms with Gasteiger partial charge in [0, 0.05) is 13.1 Å². The number of carbonyl (C=O) groups excluding carboxylic acids is 2. The second-order valence-electron chi connectivity index (χ2n) is 9.14. The van der Waals surface area contributed by atoms with Gasteiger partial charge in [0.05, 0.1) is 42.0 Å². The quantitative estimate of drug-likeness (QED) is 0.324. The van der Waals surface area contributed by atoms with Gasteiger partial charge in [-0.3, -0.25) is 9.59 Å². The number of hydrogen-bond donors (Lipinski definition) is 1. The fourth-order valence-corrected chi connectivity index (χ4v) is 4.29. The summed E-state index contributed by atoms with van der Waals surface area (Å²) >= 11 is 0. The van der Waals surface area contributed by atoms with E-state index in [-0.39, 0.29) is 24.8 Å². The van der Waals surface area contributed by atoms with Gasteiger partial charge in [-0.15, -0.1) is 0 Å². The first-order valence-corrected chi connectivity index (χ1v) is 12.9. The van der Waals surface area contributed by atoms with Crippen molar-refractivity contribution in [2.75, 3.05) is 42.1 Å². The number of rotatable bonds is 14. The average molecular weight is 551 g/mol. The zero-order chi connectivity index (χ0) is 29.1. The highest BCUT2D eigenvalue weighted by Gasteiger charge is 2.26. The van der Waals surface area contributed by atoms with Crippen LogP contribution in [0.3, 0.4) is 0 Å². The molecule has 214 valence electrons. The van der Waals surface area contributed by atoms with Crippen LogP contribution in [0.15, 0.2) is 60.7 Å². The van der Waals surface area contributed by atoms with Crippen LogP contribution in [0.2, 0.25) is 0 Å². The number of hydrogen-bond acceptors (Lipinski definition) is 7. The second-order valence-corrected chi connectivity index (χ2v) is 9.14. The van der Waals surface area contributed by atoms with Gasteiger partial charge in [-0.1, -0.05) is 24.3 Å². The Kier molecular flexibility index (Phi) is 11.1. The highest BCUT2D eigenvalue weighted by molar-refractivity contribution is 5.88. The van der Waals surface area contributed by atoms with E-state index in [1.807, 2.05) is 48.5 Å². The lowest BCUT2D eigenvalue weighted by Crippen LogP contribution is -2.48. The first kappa shape index (κ1) is 30.1. The SMILES string of the molecule is COc1ccc(CN(C(=O)Cc2ccc(OC)c(OC)c2)[C@H](C)C(=O)NCCc2ccc(OC)c(OC)c2)cc1. The van der Waals surface area contributed by atoms with E-state index < -0.39 is 6.04 Å². The Morgan fingerprint density at radius 2 is 1.23 bits per heavy atom. The van der Waals surface area contributed by atoms with Crippen LogP contribution in [-0.2, 0) is 29.0 Å². The number of nitrogens with one attached hydrogen (secondary N) is 1. The summed E-state index contributed by atoms with van der Waals surface area (Å²) in [5.74, 6) is 2.68. The molecule has 0 fully saturated rings. The molecule has 0 aliphatic heterocycles. The van der Waals surface area contributed by atoms with Crippen LogP contribution in [-0.4, -0.2) is 64.8 Å². The maximum Gasteiger partial charge on any atom is 0.242 e. The number of methoxy groups -OCH3 is 5. The van der Waals surface area contributed by atoms with Crippen molar-refractivity contribution in [3.05, 3.63) is 77.4 Å². The zero-order valence-corrected chi connectivity index (χ0v) is 24.0. The van der Waals surface area contributed by atoms with E-state index in [1.165, 1.54) is 0 Å². The third-order valence-corrected chi connectivity index (χ3v) is 6.64. The van der Waals surface area contributed by atoms with E-state index in [0.717, 1.165) is 16.7 Å². The Morgan fingerprint density at radius 3 is 1.77 bits per heavy atom. The molecular formula is C31H38N2O7. The molecule has 0 aromatic heterocycles. The van der Waals surface area contributed by atoms with E-state index >= 15 is 0 Å². The van der Waals surface area contributed by atoms with Gasteiger partial charge in [-0.05, 0) is 66.4 Å². The van der Waals surface area contributed by atoms with E-state index in [4.69, 9.17) is 23.7 Å². The molecule has 0 saturated heterocycles. The van der Waals surface area contributed by atoms with E-state index in [2.05, 4.69) is 5.32 Å². The van der Waals surface area contributed by atoms with Crippen molar-refractivity contribution < 1.29 is 33.3 Å². The summed E-state index contributed by atoms with van der Waals surface area (Å²) in [5, 5.41) is 2.97. The van der Waals surface area contributed by atoms with Crippen molar-refractivity contribution in [1.82, 2.24) is 10.2 Å². The first-order valence-electron chi connectivity index (χ1n) is 12.9. The molecule has 40 heavy (non-hydrogen) atoms. The number of carbonyl (C=O) groups is 2. The Balaban J connectivity index is 1.73. The molecule has 0 radical (unpaired) electrons. The molecule has 0 heterocycles. The lowest BCUT2D eigenvalue weighted by atomic mass is 10.1. The third-order valence-electron chi connectivity index (χ3n) is 6.64. The average Bonchev–Trinajstić information content (AvgIpc) is 2.99. The zero-order valence-electron chi connectivity index (χ0n) is 24.0. The van der Waals surface area contributed by atoms with Gasteiger partial charge in [0.1, 0.15) is 11.8 Å². The molecule has 0 spiro atoms. The summed E-state index contributed by atoms with van der Waals surface area (Å²) in [6, 6.07) is 17.7. The van der Waals surface area contributed by atoms with Gasteiger partial charge in [0.2, 0.25) is 11.8 Å². The van der Waals surface area contributed by atoms with Crippen molar-refractivity contribution >= 4 is 11.8 Å². The summed E-state index contributed by atoms with van der Waals surface area (Å²) in [4.78, 5) is 28.4. The number of benzene rings is 3. The smallest absolute Gasteiger partial charge is 0.242 e. The molecule has 1 N–H and O–H groups in total. The minimum Gasteiger partial charge on any atom is -0.497 e. The molecular weight excluding hydrogens is 512 g/mol. The lowest BCUT2D eigenvalue weighted by molar-refractivity contribution is -0.140. The summed E-state index contributed by atoms with van der Waals surface area (Å²) in [6.07, 6.45) is 0.691. The van der Waals surface area contributed by atoms with Gasteiger partial charge in [0.25, 0.3) is 0 Å². The van der Waals surface area contributed by atoms with Crippen molar-refractivity contribution in [2.45, 2.75) is 32.4 Å². The molecule has 0 aliphatic carbocycles. The van der Waals surface area contributed by atoms with Gasteiger partial charge in [-0.25, -0.2) is 0 Å². The van der Waals surface area contributed by atoms with Crippen molar-refractivity contribution in [3.63, 3.8) is 0 Å². The van der Waals surface area contributed by atoms with Crippen LogP contribution in [0.1, 0.15) is 23.6 Å². The fourth-order valence-electron chi connectivity index (χ4n) is 4.29. The Labute approximate surface area is 235 Å². The molecule has 0 bridgehead atoms. The van der Waals surface area contributed by atoms with Gasteiger partial charge in [-0.2, -0.15) is 0 Å². The summed E-state index contributed by atoms with van der Waals surface area (Å²) < 4.78 is 26.6.